The Kier molecular flexibility index (Phi) is 8.87. The second-order valence-electron chi connectivity index (χ2n) is 4.19. The SMILES string of the molecule is CC.CCc1cnnn1CCCCC(C)C. The third-order valence-electron chi connectivity index (χ3n) is 2.46. The van der Waals surface area contributed by atoms with Gasteiger partial charge in [-0.3, -0.25) is 0 Å². The maximum atomic E-state index is 4.07. The molecule has 0 N–H and O–H groups in total. The first-order valence-corrected chi connectivity index (χ1v) is 6.61. The predicted octanol–water partition coefficient (Wildman–Crippen LogP) is 3.69. The van der Waals surface area contributed by atoms with E-state index in [9.17, 15) is 0 Å². The van der Waals surface area contributed by atoms with Crippen LogP contribution in [0.3, 0.4) is 0 Å². The number of aromatic nitrogens is 3. The lowest BCUT2D eigenvalue weighted by atomic mass is 10.1. The summed E-state index contributed by atoms with van der Waals surface area (Å²) in [6, 6.07) is 0. The smallest absolute Gasteiger partial charge is 0.0725 e. The highest BCUT2D eigenvalue weighted by Gasteiger charge is 2.01. The molecule has 3 heteroatoms. The topological polar surface area (TPSA) is 30.7 Å². The molecule has 0 radical (unpaired) electrons. The van der Waals surface area contributed by atoms with Gasteiger partial charge in [-0.25, -0.2) is 4.68 Å². The van der Waals surface area contributed by atoms with Crippen LogP contribution in [0, 0.1) is 5.92 Å². The van der Waals surface area contributed by atoms with Crippen LogP contribution in [0.25, 0.3) is 0 Å². The summed E-state index contributed by atoms with van der Waals surface area (Å²) in [5, 5.41) is 7.99. The van der Waals surface area contributed by atoms with Crippen LogP contribution < -0.4 is 0 Å². The van der Waals surface area contributed by atoms with Gasteiger partial charge in [0.05, 0.1) is 11.9 Å². The highest BCUT2D eigenvalue weighted by molar-refractivity contribution is 4.92. The second-order valence-corrected chi connectivity index (χ2v) is 4.19. The first-order valence-electron chi connectivity index (χ1n) is 6.61. The Morgan fingerprint density at radius 1 is 1.25 bits per heavy atom. The van der Waals surface area contributed by atoms with E-state index in [2.05, 4.69) is 31.1 Å². The van der Waals surface area contributed by atoms with Crippen molar-refractivity contribution in [1.82, 2.24) is 15.0 Å². The molecule has 16 heavy (non-hydrogen) atoms. The number of hydrogen-bond donors (Lipinski definition) is 0. The van der Waals surface area contributed by atoms with Crippen LogP contribution in [0.1, 0.15) is 59.6 Å². The van der Waals surface area contributed by atoms with E-state index in [-0.39, 0.29) is 0 Å². The Bertz CT molecular complexity index is 253. The lowest BCUT2D eigenvalue weighted by Crippen LogP contribution is -2.04. The van der Waals surface area contributed by atoms with E-state index >= 15 is 0 Å². The van der Waals surface area contributed by atoms with E-state index < -0.39 is 0 Å². The molecule has 1 rings (SSSR count). The summed E-state index contributed by atoms with van der Waals surface area (Å²) < 4.78 is 2.03. The molecule has 0 aliphatic rings. The first-order chi connectivity index (χ1) is 7.74. The number of nitrogens with zero attached hydrogens (tertiary/aromatic N) is 3. The molecule has 0 aliphatic heterocycles. The van der Waals surface area contributed by atoms with Crippen molar-refractivity contribution >= 4 is 0 Å². The van der Waals surface area contributed by atoms with Crippen LogP contribution in [0.4, 0.5) is 0 Å². The maximum Gasteiger partial charge on any atom is 0.0725 e. The molecule has 0 atom stereocenters. The van der Waals surface area contributed by atoms with Crippen molar-refractivity contribution in [3.63, 3.8) is 0 Å². The van der Waals surface area contributed by atoms with E-state index in [1.54, 1.807) is 0 Å². The molecule has 94 valence electrons. The van der Waals surface area contributed by atoms with E-state index in [4.69, 9.17) is 0 Å². The standard InChI is InChI=1S/C11H21N3.C2H6/c1-4-11-9-12-13-14(11)8-6-5-7-10(2)3;1-2/h9-10H,4-8H2,1-3H3;1-2H3. The van der Waals surface area contributed by atoms with E-state index in [1.165, 1.54) is 25.0 Å². The summed E-state index contributed by atoms with van der Waals surface area (Å²) in [5.74, 6) is 0.816. The molecule has 0 spiro atoms. The number of unbranched alkanes of at least 4 members (excludes halogenated alkanes) is 1. The van der Waals surface area contributed by atoms with Crippen LogP contribution in [0.5, 0.6) is 0 Å². The second kappa shape index (κ2) is 9.37. The minimum atomic E-state index is 0.816. The van der Waals surface area contributed by atoms with Crippen molar-refractivity contribution in [2.24, 2.45) is 5.92 Å². The van der Waals surface area contributed by atoms with Crippen LogP contribution >= 0.6 is 0 Å². The Hall–Kier alpha value is -0.860. The van der Waals surface area contributed by atoms with Gasteiger partial charge >= 0.3 is 0 Å². The van der Waals surface area contributed by atoms with E-state index in [0.717, 1.165) is 18.9 Å². The zero-order valence-corrected chi connectivity index (χ0v) is 11.5. The summed E-state index contributed by atoms with van der Waals surface area (Å²) in [5.41, 5.74) is 1.24. The Labute approximate surface area is 100 Å². The third kappa shape index (κ3) is 5.89. The van der Waals surface area contributed by atoms with Crippen LogP contribution in [-0.4, -0.2) is 15.0 Å². The van der Waals surface area contributed by atoms with Gasteiger partial charge in [0, 0.05) is 6.54 Å². The zero-order valence-electron chi connectivity index (χ0n) is 11.5. The lowest BCUT2D eigenvalue weighted by Gasteiger charge is -2.05. The molecule has 0 amide bonds. The molecule has 0 saturated carbocycles. The minimum absolute atomic E-state index is 0.816. The Balaban J connectivity index is 0.00000106. The quantitative estimate of drug-likeness (QED) is 0.691. The van der Waals surface area contributed by atoms with Crippen molar-refractivity contribution in [2.45, 2.75) is 66.8 Å². The maximum absolute atomic E-state index is 4.07. The molecule has 0 fully saturated rings. The monoisotopic (exact) mass is 225 g/mol. The highest BCUT2D eigenvalue weighted by Crippen LogP contribution is 2.08. The fourth-order valence-corrected chi connectivity index (χ4v) is 1.56. The molecular weight excluding hydrogens is 198 g/mol. The summed E-state index contributed by atoms with van der Waals surface area (Å²) in [4.78, 5) is 0. The first kappa shape index (κ1) is 15.1. The summed E-state index contributed by atoms with van der Waals surface area (Å²) in [7, 11) is 0. The van der Waals surface area contributed by atoms with Gasteiger partial charge < -0.3 is 0 Å². The normalized spacial score (nSPS) is 10.1. The Morgan fingerprint density at radius 2 is 1.94 bits per heavy atom. The van der Waals surface area contributed by atoms with Gasteiger partial charge in [-0.2, -0.15) is 0 Å². The average molecular weight is 225 g/mol. The van der Waals surface area contributed by atoms with Crippen LogP contribution in [0.2, 0.25) is 0 Å². The van der Waals surface area contributed by atoms with Crippen molar-refractivity contribution < 1.29 is 0 Å². The minimum Gasteiger partial charge on any atom is -0.249 e. The molecule has 1 aromatic rings. The predicted molar refractivity (Wildman–Crippen MR) is 69.4 cm³/mol. The highest BCUT2D eigenvalue weighted by atomic mass is 15.4. The van der Waals surface area contributed by atoms with Gasteiger partial charge in [0.25, 0.3) is 0 Å². The Morgan fingerprint density at radius 3 is 2.50 bits per heavy atom. The largest absolute Gasteiger partial charge is 0.249 e. The molecule has 1 heterocycles. The molecular formula is C13H27N3. The molecule has 0 aromatic carbocycles. The van der Waals surface area contributed by atoms with Crippen LogP contribution in [-0.2, 0) is 13.0 Å². The van der Waals surface area contributed by atoms with Crippen molar-refractivity contribution in [3.05, 3.63) is 11.9 Å². The third-order valence-corrected chi connectivity index (χ3v) is 2.46. The van der Waals surface area contributed by atoms with Crippen LogP contribution in [0.15, 0.2) is 6.20 Å². The fraction of sp³-hybridized carbons (Fsp3) is 0.846. The van der Waals surface area contributed by atoms with E-state index in [0.29, 0.717) is 0 Å². The fourth-order valence-electron chi connectivity index (χ4n) is 1.56. The molecule has 3 nitrogen and oxygen atoms in total. The molecule has 1 aromatic heterocycles. The molecule has 0 bridgehead atoms. The summed E-state index contributed by atoms with van der Waals surface area (Å²) in [6.07, 6.45) is 6.71. The number of aryl methyl sites for hydroxylation is 2. The van der Waals surface area contributed by atoms with Crippen molar-refractivity contribution in [1.29, 1.82) is 0 Å². The zero-order chi connectivity index (χ0) is 12.4. The van der Waals surface area contributed by atoms with Gasteiger partial charge in [0.1, 0.15) is 0 Å². The summed E-state index contributed by atoms with van der Waals surface area (Å²) in [6.45, 7) is 11.7. The number of hydrogen-bond acceptors (Lipinski definition) is 2. The van der Waals surface area contributed by atoms with Gasteiger partial charge in [-0.15, -0.1) is 5.10 Å². The van der Waals surface area contributed by atoms with Gasteiger partial charge in [0.15, 0.2) is 0 Å². The van der Waals surface area contributed by atoms with Gasteiger partial charge in [0.2, 0.25) is 0 Å². The average Bonchev–Trinajstić information content (AvgIpc) is 2.74. The molecule has 0 aliphatic carbocycles. The van der Waals surface area contributed by atoms with Gasteiger partial charge in [-0.1, -0.05) is 52.7 Å². The van der Waals surface area contributed by atoms with Crippen molar-refractivity contribution in [2.75, 3.05) is 0 Å². The molecule has 0 unspecified atom stereocenters. The van der Waals surface area contributed by atoms with Gasteiger partial charge in [-0.05, 0) is 18.8 Å². The molecule has 0 saturated heterocycles. The lowest BCUT2D eigenvalue weighted by molar-refractivity contribution is 0.478. The van der Waals surface area contributed by atoms with E-state index in [1.807, 2.05) is 24.7 Å². The summed E-state index contributed by atoms with van der Waals surface area (Å²) >= 11 is 0. The van der Waals surface area contributed by atoms with Crippen molar-refractivity contribution in [3.8, 4) is 0 Å². The number of rotatable bonds is 6.